The van der Waals surface area contributed by atoms with Crippen LogP contribution in [0.2, 0.25) is 0 Å². The molecule has 19 heavy (non-hydrogen) atoms. The number of carbonyl (C=O) groups excluding carboxylic acids is 2. The minimum atomic E-state index is -0.919. The predicted molar refractivity (Wildman–Crippen MR) is 69.4 cm³/mol. The summed E-state index contributed by atoms with van der Waals surface area (Å²) < 4.78 is 0. The summed E-state index contributed by atoms with van der Waals surface area (Å²) in [4.78, 5) is 36.1. The van der Waals surface area contributed by atoms with Gasteiger partial charge in [-0.2, -0.15) is 0 Å². The molecule has 0 aliphatic carbocycles. The fraction of sp³-hybridized carbons (Fsp3) is 0.769. The van der Waals surface area contributed by atoms with Crippen molar-refractivity contribution in [2.75, 3.05) is 13.1 Å². The standard InChI is InChI=1S/C13H22N2O4/c1-4-11(16)15-6-9(13(18)19)5-10(7-15)14-12(17)8(2)3/h8-10H,4-7H2,1-3H3,(H,14,17)(H,18,19). The van der Waals surface area contributed by atoms with Crippen molar-refractivity contribution in [3.63, 3.8) is 0 Å². The molecule has 0 bridgehead atoms. The van der Waals surface area contributed by atoms with Gasteiger partial charge in [-0.15, -0.1) is 0 Å². The van der Waals surface area contributed by atoms with E-state index < -0.39 is 11.9 Å². The average molecular weight is 270 g/mol. The van der Waals surface area contributed by atoms with Crippen LogP contribution in [0.3, 0.4) is 0 Å². The third-order valence-corrected chi connectivity index (χ3v) is 3.33. The molecule has 0 aromatic carbocycles. The Morgan fingerprint density at radius 1 is 1.32 bits per heavy atom. The largest absolute Gasteiger partial charge is 0.481 e. The molecule has 2 atom stereocenters. The van der Waals surface area contributed by atoms with Crippen LogP contribution in [0, 0.1) is 11.8 Å². The van der Waals surface area contributed by atoms with E-state index in [0.29, 0.717) is 19.4 Å². The van der Waals surface area contributed by atoms with E-state index in [0.717, 1.165) is 0 Å². The van der Waals surface area contributed by atoms with Crippen LogP contribution < -0.4 is 5.32 Å². The summed E-state index contributed by atoms with van der Waals surface area (Å²) in [5.41, 5.74) is 0. The van der Waals surface area contributed by atoms with Gasteiger partial charge < -0.3 is 15.3 Å². The number of nitrogens with zero attached hydrogens (tertiary/aromatic N) is 1. The van der Waals surface area contributed by atoms with Crippen LogP contribution in [-0.4, -0.2) is 46.9 Å². The maximum Gasteiger partial charge on any atom is 0.308 e. The van der Waals surface area contributed by atoms with Gasteiger partial charge in [-0.1, -0.05) is 20.8 Å². The maximum absolute atomic E-state index is 11.7. The van der Waals surface area contributed by atoms with Crippen LogP contribution in [0.25, 0.3) is 0 Å². The molecule has 1 fully saturated rings. The highest BCUT2D eigenvalue weighted by molar-refractivity contribution is 5.80. The van der Waals surface area contributed by atoms with Gasteiger partial charge in [-0.05, 0) is 6.42 Å². The molecule has 6 heteroatoms. The maximum atomic E-state index is 11.7. The first-order valence-corrected chi connectivity index (χ1v) is 6.66. The van der Waals surface area contributed by atoms with Gasteiger partial charge >= 0.3 is 5.97 Å². The zero-order valence-corrected chi connectivity index (χ0v) is 11.7. The number of carboxylic acids is 1. The number of carbonyl (C=O) groups is 3. The molecule has 2 unspecified atom stereocenters. The zero-order chi connectivity index (χ0) is 14.6. The molecule has 1 aliphatic rings. The summed E-state index contributed by atoms with van der Waals surface area (Å²) in [5.74, 6) is -1.87. The molecule has 0 spiro atoms. The van der Waals surface area contributed by atoms with E-state index in [1.54, 1.807) is 20.8 Å². The van der Waals surface area contributed by atoms with Crippen LogP contribution >= 0.6 is 0 Å². The van der Waals surface area contributed by atoms with Gasteiger partial charge in [0.25, 0.3) is 0 Å². The SMILES string of the molecule is CCC(=O)N1CC(NC(=O)C(C)C)CC(C(=O)O)C1. The minimum absolute atomic E-state index is 0.0743. The molecule has 1 saturated heterocycles. The smallest absolute Gasteiger partial charge is 0.308 e. The number of nitrogens with one attached hydrogen (secondary N) is 1. The Labute approximate surface area is 113 Å². The van der Waals surface area contributed by atoms with Crippen LogP contribution in [-0.2, 0) is 14.4 Å². The predicted octanol–water partition coefficient (Wildman–Crippen LogP) is 0.470. The molecule has 2 N–H and O–H groups in total. The number of hydrogen-bond acceptors (Lipinski definition) is 3. The molecular weight excluding hydrogens is 248 g/mol. The molecule has 1 aliphatic heterocycles. The first kappa shape index (κ1) is 15.5. The third kappa shape index (κ3) is 4.22. The number of aliphatic carboxylic acids is 1. The number of piperidine rings is 1. The molecule has 0 aromatic heterocycles. The number of amides is 2. The minimum Gasteiger partial charge on any atom is -0.481 e. The summed E-state index contributed by atoms with van der Waals surface area (Å²) in [6.07, 6.45) is 0.721. The van der Waals surface area contributed by atoms with Crippen molar-refractivity contribution in [2.45, 2.75) is 39.7 Å². The highest BCUT2D eigenvalue weighted by atomic mass is 16.4. The van der Waals surface area contributed by atoms with E-state index in [2.05, 4.69) is 5.32 Å². The Morgan fingerprint density at radius 3 is 2.42 bits per heavy atom. The summed E-state index contributed by atoms with van der Waals surface area (Å²) in [6, 6.07) is -0.278. The Morgan fingerprint density at radius 2 is 1.95 bits per heavy atom. The van der Waals surface area contributed by atoms with E-state index in [9.17, 15) is 14.4 Å². The van der Waals surface area contributed by atoms with Crippen molar-refractivity contribution in [1.82, 2.24) is 10.2 Å². The van der Waals surface area contributed by atoms with Crippen molar-refractivity contribution >= 4 is 17.8 Å². The first-order chi connectivity index (χ1) is 8.85. The monoisotopic (exact) mass is 270 g/mol. The lowest BCUT2D eigenvalue weighted by atomic mass is 9.93. The van der Waals surface area contributed by atoms with Gasteiger partial charge in [0.2, 0.25) is 11.8 Å². The van der Waals surface area contributed by atoms with Crippen molar-refractivity contribution in [2.24, 2.45) is 11.8 Å². The number of carboxylic acid groups (broad SMARTS) is 1. The molecule has 1 heterocycles. The lowest BCUT2D eigenvalue weighted by molar-refractivity contribution is -0.147. The second kappa shape index (κ2) is 6.54. The molecule has 108 valence electrons. The second-order valence-electron chi connectivity index (χ2n) is 5.28. The molecule has 1 rings (SSSR count). The van der Waals surface area contributed by atoms with E-state index in [1.807, 2.05) is 0 Å². The Balaban J connectivity index is 2.73. The second-order valence-corrected chi connectivity index (χ2v) is 5.28. The molecule has 6 nitrogen and oxygen atoms in total. The lowest BCUT2D eigenvalue weighted by Gasteiger charge is -2.36. The van der Waals surface area contributed by atoms with Crippen molar-refractivity contribution in [3.05, 3.63) is 0 Å². The molecule has 0 aromatic rings. The van der Waals surface area contributed by atoms with Crippen LogP contribution in [0.5, 0.6) is 0 Å². The molecule has 2 amide bonds. The summed E-state index contributed by atoms with van der Waals surface area (Å²) in [6.45, 7) is 5.93. The molecule has 0 saturated carbocycles. The van der Waals surface area contributed by atoms with Gasteiger partial charge in [0.15, 0.2) is 0 Å². The number of rotatable bonds is 4. The Bertz CT molecular complexity index is 368. The van der Waals surface area contributed by atoms with Gasteiger partial charge in [-0.3, -0.25) is 14.4 Å². The third-order valence-electron chi connectivity index (χ3n) is 3.33. The van der Waals surface area contributed by atoms with Crippen LogP contribution in [0.4, 0.5) is 0 Å². The van der Waals surface area contributed by atoms with E-state index in [-0.39, 0.29) is 30.3 Å². The van der Waals surface area contributed by atoms with Gasteiger partial charge in [0.1, 0.15) is 0 Å². The first-order valence-electron chi connectivity index (χ1n) is 6.66. The van der Waals surface area contributed by atoms with Crippen LogP contribution in [0.1, 0.15) is 33.6 Å². The van der Waals surface area contributed by atoms with Crippen molar-refractivity contribution in [1.29, 1.82) is 0 Å². The van der Waals surface area contributed by atoms with Gasteiger partial charge in [-0.25, -0.2) is 0 Å². The van der Waals surface area contributed by atoms with Gasteiger partial charge in [0, 0.05) is 31.5 Å². The average Bonchev–Trinajstić information content (AvgIpc) is 2.37. The van der Waals surface area contributed by atoms with Gasteiger partial charge in [0.05, 0.1) is 5.92 Å². The van der Waals surface area contributed by atoms with Crippen molar-refractivity contribution < 1.29 is 19.5 Å². The number of hydrogen-bond donors (Lipinski definition) is 2. The fourth-order valence-electron chi connectivity index (χ4n) is 2.18. The summed E-state index contributed by atoms with van der Waals surface area (Å²) in [5, 5.41) is 11.9. The van der Waals surface area contributed by atoms with E-state index in [4.69, 9.17) is 5.11 Å². The fourth-order valence-corrected chi connectivity index (χ4v) is 2.18. The van der Waals surface area contributed by atoms with E-state index >= 15 is 0 Å². The molecular formula is C13H22N2O4. The highest BCUT2D eigenvalue weighted by Gasteiger charge is 2.34. The number of likely N-dealkylation sites (tertiary alicyclic amines) is 1. The zero-order valence-electron chi connectivity index (χ0n) is 11.7. The van der Waals surface area contributed by atoms with Crippen LogP contribution in [0.15, 0.2) is 0 Å². The highest BCUT2D eigenvalue weighted by Crippen LogP contribution is 2.18. The molecule has 0 radical (unpaired) electrons. The van der Waals surface area contributed by atoms with E-state index in [1.165, 1.54) is 4.90 Å². The summed E-state index contributed by atoms with van der Waals surface area (Å²) in [7, 11) is 0. The Hall–Kier alpha value is -1.59. The Kier molecular flexibility index (Phi) is 5.32. The van der Waals surface area contributed by atoms with Crippen molar-refractivity contribution in [3.8, 4) is 0 Å². The normalized spacial score (nSPS) is 23.3. The topological polar surface area (TPSA) is 86.7 Å². The quantitative estimate of drug-likeness (QED) is 0.777. The summed E-state index contributed by atoms with van der Waals surface area (Å²) >= 11 is 0. The lowest BCUT2D eigenvalue weighted by Crippen LogP contribution is -2.54.